The Bertz CT molecular complexity index is 1120. The number of fused-ring (bicyclic) bond motifs is 1. The molecule has 0 aliphatic rings. The Hall–Kier alpha value is -3.17. The fourth-order valence-electron chi connectivity index (χ4n) is 3.10. The Morgan fingerprint density at radius 3 is 2.85 bits per heavy atom. The predicted octanol–water partition coefficient (Wildman–Crippen LogP) is 4.51. The van der Waals surface area contributed by atoms with Crippen LogP contribution in [0.4, 0.5) is 0 Å². The van der Waals surface area contributed by atoms with Crippen molar-refractivity contribution < 1.29 is 4.74 Å². The van der Waals surface area contributed by atoms with Crippen molar-refractivity contribution in [1.29, 1.82) is 5.26 Å². The fraction of sp³-hybridized carbons (Fsp3) is 0.150. The molecule has 0 aliphatic carbocycles. The number of nitriles is 1. The molecule has 26 heavy (non-hydrogen) atoms. The van der Waals surface area contributed by atoms with Crippen LogP contribution in [0.1, 0.15) is 11.3 Å². The average molecular weight is 360 g/mol. The lowest BCUT2D eigenvalue weighted by Crippen LogP contribution is -1.96. The first-order chi connectivity index (χ1) is 12.7. The number of methoxy groups -OCH3 is 1. The Balaban J connectivity index is 1.94. The van der Waals surface area contributed by atoms with Crippen molar-refractivity contribution in [3.05, 3.63) is 59.2 Å². The van der Waals surface area contributed by atoms with E-state index in [0.29, 0.717) is 0 Å². The molecule has 0 aliphatic heterocycles. The molecule has 1 aromatic carbocycles. The predicted molar refractivity (Wildman–Crippen MR) is 102 cm³/mol. The van der Waals surface area contributed by atoms with Gasteiger partial charge in [0.05, 0.1) is 42.4 Å². The maximum absolute atomic E-state index is 9.38. The minimum atomic E-state index is 0.276. The van der Waals surface area contributed by atoms with Crippen LogP contribution in [0.25, 0.3) is 27.6 Å². The highest BCUT2D eigenvalue weighted by Crippen LogP contribution is 2.34. The van der Waals surface area contributed by atoms with Crippen molar-refractivity contribution in [3.8, 4) is 34.5 Å². The van der Waals surface area contributed by atoms with E-state index in [9.17, 15) is 5.26 Å². The monoisotopic (exact) mass is 360 g/mol. The molecule has 3 heterocycles. The number of imidazole rings is 1. The number of benzene rings is 1. The van der Waals surface area contributed by atoms with Crippen LogP contribution >= 0.6 is 11.3 Å². The van der Waals surface area contributed by atoms with E-state index in [1.54, 1.807) is 24.6 Å². The van der Waals surface area contributed by atoms with Gasteiger partial charge in [0.1, 0.15) is 5.75 Å². The van der Waals surface area contributed by atoms with E-state index < -0.39 is 0 Å². The summed E-state index contributed by atoms with van der Waals surface area (Å²) in [6, 6.07) is 14.1. The van der Waals surface area contributed by atoms with Gasteiger partial charge in [-0.25, -0.2) is 4.98 Å². The molecule has 0 unspecified atom stereocenters. The van der Waals surface area contributed by atoms with Gasteiger partial charge in [-0.15, -0.1) is 11.3 Å². The molecule has 0 fully saturated rings. The summed E-state index contributed by atoms with van der Waals surface area (Å²) >= 11 is 1.55. The van der Waals surface area contributed by atoms with Crippen LogP contribution in [0.15, 0.2) is 48.0 Å². The quantitative estimate of drug-likeness (QED) is 0.537. The number of pyridine rings is 1. The van der Waals surface area contributed by atoms with Crippen molar-refractivity contribution in [3.63, 3.8) is 0 Å². The summed E-state index contributed by atoms with van der Waals surface area (Å²) in [5.41, 5.74) is 5.56. The van der Waals surface area contributed by atoms with Crippen LogP contribution in [0, 0.1) is 18.3 Å². The van der Waals surface area contributed by atoms with E-state index in [0.717, 1.165) is 44.6 Å². The maximum atomic E-state index is 9.38. The van der Waals surface area contributed by atoms with E-state index in [1.165, 1.54) is 0 Å². The SMILES string of the molecule is COc1ccc(-c2nc3scc(-c4ccccn4)n3c2CC#N)cc1C. The second-order valence-electron chi connectivity index (χ2n) is 5.88. The fourth-order valence-corrected chi connectivity index (χ4v) is 4.01. The number of hydrogen-bond donors (Lipinski definition) is 0. The molecule has 0 radical (unpaired) electrons. The van der Waals surface area contributed by atoms with E-state index in [4.69, 9.17) is 9.72 Å². The van der Waals surface area contributed by atoms with Gasteiger partial charge in [0.25, 0.3) is 0 Å². The lowest BCUT2D eigenvalue weighted by Gasteiger charge is -2.08. The van der Waals surface area contributed by atoms with Crippen molar-refractivity contribution in [2.75, 3.05) is 7.11 Å². The van der Waals surface area contributed by atoms with Crippen LogP contribution in [0.5, 0.6) is 5.75 Å². The summed E-state index contributed by atoms with van der Waals surface area (Å²) < 4.78 is 7.40. The molecule has 0 N–H and O–H groups in total. The molecule has 5 nitrogen and oxygen atoms in total. The molecule has 0 amide bonds. The highest BCUT2D eigenvalue weighted by molar-refractivity contribution is 7.15. The van der Waals surface area contributed by atoms with Crippen LogP contribution in [-0.2, 0) is 6.42 Å². The maximum Gasteiger partial charge on any atom is 0.195 e. The summed E-state index contributed by atoms with van der Waals surface area (Å²) in [5, 5.41) is 11.4. The van der Waals surface area contributed by atoms with Gasteiger partial charge in [-0.05, 0) is 42.8 Å². The second kappa shape index (κ2) is 6.62. The smallest absolute Gasteiger partial charge is 0.195 e. The van der Waals surface area contributed by atoms with Crippen LogP contribution in [-0.4, -0.2) is 21.5 Å². The first-order valence-electron chi connectivity index (χ1n) is 8.15. The molecular weight excluding hydrogens is 344 g/mol. The van der Waals surface area contributed by atoms with E-state index >= 15 is 0 Å². The van der Waals surface area contributed by atoms with Gasteiger partial charge in [0, 0.05) is 17.1 Å². The Labute approximate surface area is 155 Å². The number of ether oxygens (including phenoxy) is 1. The van der Waals surface area contributed by atoms with E-state index in [-0.39, 0.29) is 6.42 Å². The molecule has 4 rings (SSSR count). The van der Waals surface area contributed by atoms with Gasteiger partial charge in [0.15, 0.2) is 4.96 Å². The molecule has 6 heteroatoms. The standard InChI is InChI=1S/C20H16N4OS/c1-13-11-14(6-7-18(13)25-2)19-16(8-9-21)24-17(12-26-20(24)23-19)15-5-3-4-10-22-15/h3-7,10-12H,8H2,1-2H3. The zero-order valence-corrected chi connectivity index (χ0v) is 15.2. The van der Waals surface area contributed by atoms with Gasteiger partial charge < -0.3 is 4.74 Å². The van der Waals surface area contributed by atoms with Gasteiger partial charge in [-0.2, -0.15) is 5.26 Å². The molecule has 3 aromatic heterocycles. The van der Waals surface area contributed by atoms with Gasteiger partial charge in [-0.1, -0.05) is 6.07 Å². The number of aromatic nitrogens is 3. The third kappa shape index (κ3) is 2.63. The zero-order valence-electron chi connectivity index (χ0n) is 14.4. The van der Waals surface area contributed by atoms with Crippen LogP contribution in [0.2, 0.25) is 0 Å². The highest BCUT2D eigenvalue weighted by Gasteiger charge is 2.19. The van der Waals surface area contributed by atoms with Crippen LogP contribution < -0.4 is 4.74 Å². The molecule has 0 bridgehead atoms. The Morgan fingerprint density at radius 1 is 1.27 bits per heavy atom. The number of hydrogen-bond acceptors (Lipinski definition) is 5. The summed E-state index contributed by atoms with van der Waals surface area (Å²) in [6.07, 6.45) is 2.05. The lowest BCUT2D eigenvalue weighted by molar-refractivity contribution is 0.412. The van der Waals surface area contributed by atoms with Crippen LogP contribution in [0.3, 0.4) is 0 Å². The average Bonchev–Trinajstić information content (AvgIpc) is 3.23. The third-order valence-electron chi connectivity index (χ3n) is 4.30. The zero-order chi connectivity index (χ0) is 18.1. The summed E-state index contributed by atoms with van der Waals surface area (Å²) in [7, 11) is 1.66. The van der Waals surface area contributed by atoms with E-state index in [1.807, 2.05) is 53.1 Å². The molecule has 128 valence electrons. The van der Waals surface area contributed by atoms with Crippen molar-refractivity contribution in [2.24, 2.45) is 0 Å². The molecule has 0 saturated carbocycles. The Kier molecular flexibility index (Phi) is 4.15. The minimum absolute atomic E-state index is 0.276. The molecule has 0 saturated heterocycles. The molecular formula is C20H16N4OS. The number of thiazole rings is 1. The lowest BCUT2D eigenvalue weighted by atomic mass is 10.1. The summed E-state index contributed by atoms with van der Waals surface area (Å²) in [4.78, 5) is 10.1. The van der Waals surface area contributed by atoms with E-state index in [2.05, 4.69) is 11.1 Å². The molecule has 0 atom stereocenters. The molecule has 4 aromatic rings. The van der Waals surface area contributed by atoms with Crippen molar-refractivity contribution >= 4 is 16.3 Å². The summed E-state index contributed by atoms with van der Waals surface area (Å²) in [5.74, 6) is 0.839. The second-order valence-corrected chi connectivity index (χ2v) is 6.72. The normalized spacial score (nSPS) is 10.8. The first-order valence-corrected chi connectivity index (χ1v) is 9.03. The largest absolute Gasteiger partial charge is 0.496 e. The Morgan fingerprint density at radius 2 is 2.15 bits per heavy atom. The van der Waals surface area contributed by atoms with Gasteiger partial charge >= 0.3 is 0 Å². The number of nitrogens with zero attached hydrogens (tertiary/aromatic N) is 4. The van der Waals surface area contributed by atoms with Gasteiger partial charge in [0.2, 0.25) is 0 Å². The topological polar surface area (TPSA) is 63.2 Å². The highest BCUT2D eigenvalue weighted by atomic mass is 32.1. The first kappa shape index (κ1) is 16.3. The van der Waals surface area contributed by atoms with Gasteiger partial charge in [-0.3, -0.25) is 9.38 Å². The van der Waals surface area contributed by atoms with Crippen molar-refractivity contribution in [2.45, 2.75) is 13.3 Å². The summed E-state index contributed by atoms with van der Waals surface area (Å²) in [6.45, 7) is 2.00. The number of rotatable bonds is 4. The minimum Gasteiger partial charge on any atom is -0.496 e. The molecule has 0 spiro atoms. The van der Waals surface area contributed by atoms with Crippen molar-refractivity contribution in [1.82, 2.24) is 14.4 Å². The number of aryl methyl sites for hydroxylation is 1. The third-order valence-corrected chi connectivity index (χ3v) is 5.13.